The predicted octanol–water partition coefficient (Wildman–Crippen LogP) is 2.72. The summed E-state index contributed by atoms with van der Waals surface area (Å²) in [5.74, 6) is 0.0842. The Morgan fingerprint density at radius 3 is 2.41 bits per heavy atom. The van der Waals surface area contributed by atoms with Crippen molar-refractivity contribution >= 4 is 42.3 Å². The number of halogens is 2. The van der Waals surface area contributed by atoms with Crippen LogP contribution in [-0.2, 0) is 16.1 Å². The number of benzene rings is 1. The van der Waals surface area contributed by atoms with E-state index in [2.05, 4.69) is 22.3 Å². The van der Waals surface area contributed by atoms with Crippen LogP contribution in [0, 0.1) is 5.92 Å². The fraction of sp³-hybridized carbons (Fsp3) is 0.619. The molecular formula is C21H34Cl2N4O2. The van der Waals surface area contributed by atoms with Gasteiger partial charge in [-0.15, -0.1) is 24.8 Å². The number of carbonyl (C=O) groups excluding carboxylic acids is 2. The second-order valence-electron chi connectivity index (χ2n) is 8.14. The molecule has 1 aromatic carbocycles. The Kier molecular flexibility index (Phi) is 9.73. The number of para-hydroxylation sites is 1. The van der Waals surface area contributed by atoms with Gasteiger partial charge < -0.3 is 20.9 Å². The fourth-order valence-corrected chi connectivity index (χ4v) is 4.33. The van der Waals surface area contributed by atoms with Gasteiger partial charge in [0.25, 0.3) is 0 Å². The number of hydrogen-bond acceptors (Lipinski definition) is 4. The zero-order valence-corrected chi connectivity index (χ0v) is 19.0. The maximum atomic E-state index is 12.7. The highest BCUT2D eigenvalue weighted by molar-refractivity contribution is 5.85. The molecule has 3 N–H and O–H groups in total. The Labute approximate surface area is 186 Å². The molecule has 3 rings (SSSR count). The zero-order valence-electron chi connectivity index (χ0n) is 17.4. The van der Waals surface area contributed by atoms with Gasteiger partial charge in [-0.3, -0.25) is 9.59 Å². The van der Waals surface area contributed by atoms with E-state index < -0.39 is 5.54 Å². The second kappa shape index (κ2) is 11.0. The molecule has 1 saturated heterocycles. The van der Waals surface area contributed by atoms with Crippen LogP contribution in [0.15, 0.2) is 24.3 Å². The quantitative estimate of drug-likeness (QED) is 0.747. The van der Waals surface area contributed by atoms with Crippen LogP contribution >= 0.6 is 24.8 Å². The van der Waals surface area contributed by atoms with Gasteiger partial charge in [0.2, 0.25) is 11.8 Å². The van der Waals surface area contributed by atoms with E-state index in [-0.39, 0.29) is 42.5 Å². The average molecular weight is 445 g/mol. The molecule has 164 valence electrons. The first-order valence-electron chi connectivity index (χ1n) is 10.0. The van der Waals surface area contributed by atoms with E-state index in [1.165, 1.54) is 0 Å². The highest BCUT2D eigenvalue weighted by Gasteiger charge is 2.37. The molecule has 29 heavy (non-hydrogen) atoms. The van der Waals surface area contributed by atoms with Gasteiger partial charge in [-0.25, -0.2) is 0 Å². The SMILES string of the molecule is CC(=O)N1CCN(c2ccccc2CNC(=O)C2CCCCC2(C)N)CC1.Cl.Cl. The van der Waals surface area contributed by atoms with E-state index >= 15 is 0 Å². The molecule has 1 saturated carbocycles. The largest absolute Gasteiger partial charge is 0.368 e. The molecule has 1 aliphatic heterocycles. The first-order chi connectivity index (χ1) is 12.9. The van der Waals surface area contributed by atoms with E-state index in [9.17, 15) is 9.59 Å². The summed E-state index contributed by atoms with van der Waals surface area (Å²) < 4.78 is 0. The highest BCUT2D eigenvalue weighted by Crippen LogP contribution is 2.32. The Balaban J connectivity index is 0.00000210. The van der Waals surface area contributed by atoms with E-state index in [1.54, 1.807) is 6.92 Å². The van der Waals surface area contributed by atoms with E-state index in [0.717, 1.165) is 63.1 Å². The number of carbonyl (C=O) groups is 2. The van der Waals surface area contributed by atoms with Crippen molar-refractivity contribution in [3.63, 3.8) is 0 Å². The number of rotatable bonds is 4. The molecule has 1 aromatic rings. The van der Waals surface area contributed by atoms with Crippen LogP contribution in [0.3, 0.4) is 0 Å². The summed E-state index contributed by atoms with van der Waals surface area (Å²) in [4.78, 5) is 28.5. The van der Waals surface area contributed by atoms with Crippen LogP contribution in [-0.4, -0.2) is 48.4 Å². The van der Waals surface area contributed by atoms with Gasteiger partial charge in [0.15, 0.2) is 0 Å². The molecule has 2 atom stereocenters. The van der Waals surface area contributed by atoms with Gasteiger partial charge in [0, 0.05) is 50.9 Å². The predicted molar refractivity (Wildman–Crippen MR) is 122 cm³/mol. The van der Waals surface area contributed by atoms with Crippen molar-refractivity contribution in [2.45, 2.75) is 51.6 Å². The second-order valence-corrected chi connectivity index (χ2v) is 8.14. The minimum atomic E-state index is -0.412. The van der Waals surface area contributed by atoms with E-state index in [1.807, 2.05) is 24.0 Å². The Morgan fingerprint density at radius 2 is 1.79 bits per heavy atom. The van der Waals surface area contributed by atoms with Crippen molar-refractivity contribution < 1.29 is 9.59 Å². The molecule has 0 spiro atoms. The van der Waals surface area contributed by atoms with Crippen molar-refractivity contribution in [2.24, 2.45) is 11.7 Å². The average Bonchev–Trinajstić information content (AvgIpc) is 2.66. The molecule has 1 aliphatic carbocycles. The van der Waals surface area contributed by atoms with Crippen LogP contribution in [0.25, 0.3) is 0 Å². The van der Waals surface area contributed by atoms with E-state index in [4.69, 9.17) is 5.73 Å². The summed E-state index contributed by atoms with van der Waals surface area (Å²) in [5.41, 5.74) is 8.21. The van der Waals surface area contributed by atoms with Crippen LogP contribution in [0.1, 0.15) is 45.1 Å². The minimum absolute atomic E-state index is 0. The maximum Gasteiger partial charge on any atom is 0.225 e. The molecule has 6 nitrogen and oxygen atoms in total. The smallest absolute Gasteiger partial charge is 0.225 e. The van der Waals surface area contributed by atoms with Gasteiger partial charge in [0.05, 0.1) is 5.92 Å². The summed E-state index contributed by atoms with van der Waals surface area (Å²) in [6.45, 7) is 7.23. The lowest BCUT2D eigenvalue weighted by Gasteiger charge is -2.38. The Hall–Kier alpha value is -1.50. The molecule has 2 aliphatic rings. The lowest BCUT2D eigenvalue weighted by Crippen LogP contribution is -2.52. The van der Waals surface area contributed by atoms with Gasteiger partial charge in [-0.05, 0) is 31.4 Å². The molecule has 2 amide bonds. The normalized spacial score (nSPS) is 24.2. The van der Waals surface area contributed by atoms with Crippen LogP contribution in [0.4, 0.5) is 5.69 Å². The topological polar surface area (TPSA) is 78.7 Å². The third-order valence-corrected chi connectivity index (χ3v) is 6.08. The number of hydrogen-bond donors (Lipinski definition) is 2. The highest BCUT2D eigenvalue weighted by atomic mass is 35.5. The summed E-state index contributed by atoms with van der Waals surface area (Å²) in [6, 6.07) is 8.19. The lowest BCUT2D eigenvalue weighted by molar-refractivity contribution is -0.129. The summed E-state index contributed by atoms with van der Waals surface area (Å²) in [6.07, 6.45) is 3.95. The number of piperazine rings is 1. The van der Waals surface area contributed by atoms with Crippen LogP contribution in [0.2, 0.25) is 0 Å². The zero-order chi connectivity index (χ0) is 19.4. The molecule has 1 heterocycles. The van der Waals surface area contributed by atoms with Gasteiger partial charge in [-0.2, -0.15) is 0 Å². The van der Waals surface area contributed by atoms with Crippen molar-refractivity contribution in [2.75, 3.05) is 31.1 Å². The molecule has 0 aromatic heterocycles. The number of nitrogens with zero attached hydrogens (tertiary/aromatic N) is 2. The minimum Gasteiger partial charge on any atom is -0.368 e. The molecular weight excluding hydrogens is 411 g/mol. The molecule has 0 bridgehead atoms. The van der Waals surface area contributed by atoms with E-state index in [0.29, 0.717) is 6.54 Å². The Morgan fingerprint density at radius 1 is 1.14 bits per heavy atom. The van der Waals surface area contributed by atoms with Crippen molar-refractivity contribution in [1.29, 1.82) is 0 Å². The molecule has 2 fully saturated rings. The Bertz CT molecular complexity index is 691. The molecule has 2 unspecified atom stereocenters. The van der Waals surface area contributed by atoms with Crippen molar-refractivity contribution in [1.82, 2.24) is 10.2 Å². The monoisotopic (exact) mass is 444 g/mol. The maximum absolute atomic E-state index is 12.7. The number of nitrogens with one attached hydrogen (secondary N) is 1. The van der Waals surface area contributed by atoms with Gasteiger partial charge >= 0.3 is 0 Å². The fourth-order valence-electron chi connectivity index (χ4n) is 4.33. The standard InChI is InChI=1S/C21H32N4O2.2ClH/c1-16(26)24-11-13-25(14-12-24)19-9-4-3-7-17(19)15-23-20(27)18-8-5-6-10-21(18,2)22;;/h3-4,7,9,18H,5-6,8,10-15,22H2,1-2H3,(H,23,27);2*1H. The number of anilines is 1. The summed E-state index contributed by atoms with van der Waals surface area (Å²) in [7, 11) is 0. The third kappa shape index (κ3) is 6.24. The first kappa shape index (κ1) is 25.5. The van der Waals surface area contributed by atoms with Gasteiger partial charge in [-0.1, -0.05) is 31.0 Å². The molecule has 0 radical (unpaired) electrons. The number of nitrogens with two attached hydrogens (primary N) is 1. The molecule has 8 heteroatoms. The first-order valence-corrected chi connectivity index (χ1v) is 10.0. The van der Waals surface area contributed by atoms with Crippen molar-refractivity contribution in [3.05, 3.63) is 29.8 Å². The third-order valence-electron chi connectivity index (χ3n) is 6.08. The summed E-state index contributed by atoms with van der Waals surface area (Å²) in [5, 5.41) is 3.12. The summed E-state index contributed by atoms with van der Waals surface area (Å²) >= 11 is 0. The van der Waals surface area contributed by atoms with Crippen LogP contribution in [0.5, 0.6) is 0 Å². The lowest BCUT2D eigenvalue weighted by atomic mass is 9.74. The van der Waals surface area contributed by atoms with Gasteiger partial charge in [0.1, 0.15) is 0 Å². The van der Waals surface area contributed by atoms with Crippen molar-refractivity contribution in [3.8, 4) is 0 Å². The van der Waals surface area contributed by atoms with Crippen LogP contribution < -0.4 is 16.0 Å². The number of amides is 2.